The lowest BCUT2D eigenvalue weighted by Gasteiger charge is -2.29. The number of hydrogen-bond acceptors (Lipinski definition) is 5. The first-order chi connectivity index (χ1) is 13.8. The summed E-state index contributed by atoms with van der Waals surface area (Å²) < 4.78 is 16.4. The summed E-state index contributed by atoms with van der Waals surface area (Å²) in [5, 5.41) is 3.58. The molecule has 148 valence electrons. The standard InChI is InChI=1S/C23H28N2O3/c1-16(20-6-2-4-8-22(20)24-10-17-13-26-17)21-7-3-5-9-23(21)25(11-18-14-27-18)12-19-15-28-19/h2-9,16-19,24H,10-15H2,1H3. The fourth-order valence-corrected chi connectivity index (χ4v) is 3.86. The summed E-state index contributed by atoms with van der Waals surface area (Å²) in [4.78, 5) is 2.45. The van der Waals surface area contributed by atoms with Crippen LogP contribution in [0.1, 0.15) is 24.0 Å². The molecule has 0 amide bonds. The van der Waals surface area contributed by atoms with Crippen molar-refractivity contribution in [3.05, 3.63) is 59.7 Å². The average Bonchev–Trinajstić information content (AvgIpc) is 3.56. The summed E-state index contributed by atoms with van der Waals surface area (Å²) in [7, 11) is 0. The van der Waals surface area contributed by atoms with E-state index in [9.17, 15) is 0 Å². The second-order valence-electron chi connectivity index (χ2n) is 8.02. The van der Waals surface area contributed by atoms with Gasteiger partial charge in [0, 0.05) is 36.9 Å². The van der Waals surface area contributed by atoms with Crippen molar-refractivity contribution >= 4 is 11.4 Å². The average molecular weight is 380 g/mol. The zero-order valence-electron chi connectivity index (χ0n) is 16.3. The molecule has 4 atom stereocenters. The van der Waals surface area contributed by atoms with Crippen LogP contribution in [0.4, 0.5) is 11.4 Å². The van der Waals surface area contributed by atoms with Crippen LogP contribution in [0.2, 0.25) is 0 Å². The van der Waals surface area contributed by atoms with Gasteiger partial charge >= 0.3 is 0 Å². The van der Waals surface area contributed by atoms with Crippen molar-refractivity contribution in [1.82, 2.24) is 0 Å². The third kappa shape index (κ3) is 4.32. The smallest absolute Gasteiger partial charge is 0.0984 e. The predicted molar refractivity (Wildman–Crippen MR) is 110 cm³/mol. The summed E-state index contributed by atoms with van der Waals surface area (Å²) in [6.07, 6.45) is 1.08. The summed E-state index contributed by atoms with van der Waals surface area (Å²) in [6.45, 7) is 7.65. The van der Waals surface area contributed by atoms with Gasteiger partial charge in [-0.05, 0) is 23.3 Å². The normalized spacial score (nSPS) is 25.8. The lowest BCUT2D eigenvalue weighted by Crippen LogP contribution is -2.32. The molecule has 0 bridgehead atoms. The Balaban J connectivity index is 1.42. The molecular weight excluding hydrogens is 352 g/mol. The molecular formula is C23H28N2O3. The van der Waals surface area contributed by atoms with E-state index in [0.29, 0.717) is 18.3 Å². The Kier molecular flexibility index (Phi) is 4.97. The van der Waals surface area contributed by atoms with Gasteiger partial charge in [0.05, 0.1) is 38.1 Å². The van der Waals surface area contributed by atoms with Gasteiger partial charge in [-0.25, -0.2) is 0 Å². The summed E-state index contributed by atoms with van der Waals surface area (Å²) >= 11 is 0. The molecule has 5 nitrogen and oxygen atoms in total. The largest absolute Gasteiger partial charge is 0.382 e. The molecule has 28 heavy (non-hydrogen) atoms. The maximum atomic E-state index is 5.52. The number of nitrogens with zero attached hydrogens (tertiary/aromatic N) is 1. The highest BCUT2D eigenvalue weighted by Gasteiger charge is 2.32. The second kappa shape index (κ2) is 7.74. The Morgan fingerprint density at radius 1 is 0.857 bits per heavy atom. The van der Waals surface area contributed by atoms with Crippen molar-refractivity contribution < 1.29 is 14.2 Å². The van der Waals surface area contributed by atoms with Gasteiger partial charge in [-0.1, -0.05) is 43.3 Å². The number of hydrogen-bond donors (Lipinski definition) is 1. The van der Waals surface area contributed by atoms with Crippen LogP contribution in [0.25, 0.3) is 0 Å². The van der Waals surface area contributed by atoms with E-state index in [1.54, 1.807) is 0 Å². The Morgan fingerprint density at radius 2 is 1.43 bits per heavy atom. The number of anilines is 2. The summed E-state index contributed by atoms with van der Waals surface area (Å²) in [6, 6.07) is 17.4. The molecule has 3 heterocycles. The van der Waals surface area contributed by atoms with E-state index < -0.39 is 0 Å². The minimum absolute atomic E-state index is 0.280. The SMILES string of the molecule is CC(c1ccccc1NCC1CO1)c1ccccc1N(CC1CO1)CC1CO1. The monoisotopic (exact) mass is 380 g/mol. The summed E-state index contributed by atoms with van der Waals surface area (Å²) in [5.74, 6) is 0.280. The molecule has 0 radical (unpaired) electrons. The van der Waals surface area contributed by atoms with E-state index in [4.69, 9.17) is 14.2 Å². The molecule has 5 heteroatoms. The van der Waals surface area contributed by atoms with Crippen LogP contribution in [-0.2, 0) is 14.2 Å². The van der Waals surface area contributed by atoms with Gasteiger partial charge in [0.2, 0.25) is 0 Å². The number of rotatable bonds is 10. The third-order valence-electron chi connectivity index (χ3n) is 5.75. The molecule has 0 aromatic heterocycles. The van der Waals surface area contributed by atoms with Gasteiger partial charge in [-0.2, -0.15) is 0 Å². The van der Waals surface area contributed by atoms with Crippen LogP contribution in [0.3, 0.4) is 0 Å². The molecule has 0 aliphatic carbocycles. The number of benzene rings is 2. The van der Waals surface area contributed by atoms with Gasteiger partial charge in [-0.15, -0.1) is 0 Å². The fourth-order valence-electron chi connectivity index (χ4n) is 3.86. The van der Waals surface area contributed by atoms with Crippen LogP contribution in [0.5, 0.6) is 0 Å². The molecule has 2 aromatic rings. The molecule has 4 unspecified atom stereocenters. The zero-order valence-corrected chi connectivity index (χ0v) is 16.3. The van der Waals surface area contributed by atoms with Gasteiger partial charge < -0.3 is 24.4 Å². The molecule has 1 N–H and O–H groups in total. The van der Waals surface area contributed by atoms with E-state index in [-0.39, 0.29) is 5.92 Å². The summed E-state index contributed by atoms with van der Waals surface area (Å²) in [5.41, 5.74) is 5.16. The molecule has 3 aliphatic heterocycles. The molecule has 0 spiro atoms. The maximum absolute atomic E-state index is 5.52. The number of nitrogens with one attached hydrogen (secondary N) is 1. The topological polar surface area (TPSA) is 52.9 Å². The van der Waals surface area contributed by atoms with Crippen LogP contribution >= 0.6 is 0 Å². The predicted octanol–water partition coefficient (Wildman–Crippen LogP) is 3.25. The Bertz CT molecular complexity index is 801. The van der Waals surface area contributed by atoms with E-state index in [1.165, 1.54) is 22.5 Å². The van der Waals surface area contributed by atoms with Crippen LogP contribution in [0, 0.1) is 0 Å². The Morgan fingerprint density at radius 3 is 2.07 bits per heavy atom. The third-order valence-corrected chi connectivity index (χ3v) is 5.75. The first kappa shape index (κ1) is 18.0. The second-order valence-corrected chi connectivity index (χ2v) is 8.02. The van der Waals surface area contributed by atoms with E-state index in [1.807, 2.05) is 0 Å². The van der Waals surface area contributed by atoms with Crippen molar-refractivity contribution in [3.8, 4) is 0 Å². The van der Waals surface area contributed by atoms with Crippen molar-refractivity contribution in [2.45, 2.75) is 31.2 Å². The number of epoxide rings is 3. The van der Waals surface area contributed by atoms with Crippen LogP contribution in [0.15, 0.2) is 48.5 Å². The Hall–Kier alpha value is -2.08. The number of ether oxygens (including phenoxy) is 3. The molecule has 5 rings (SSSR count). The van der Waals surface area contributed by atoms with Crippen molar-refractivity contribution in [2.24, 2.45) is 0 Å². The lowest BCUT2D eigenvalue weighted by molar-refractivity contribution is 0.388. The van der Waals surface area contributed by atoms with Gasteiger partial charge in [-0.3, -0.25) is 0 Å². The van der Waals surface area contributed by atoms with Gasteiger partial charge in [0.1, 0.15) is 0 Å². The van der Waals surface area contributed by atoms with Gasteiger partial charge in [0.25, 0.3) is 0 Å². The molecule has 2 aromatic carbocycles. The quantitative estimate of drug-likeness (QED) is 0.641. The van der Waals surface area contributed by atoms with Gasteiger partial charge in [0.15, 0.2) is 0 Å². The maximum Gasteiger partial charge on any atom is 0.0984 e. The minimum atomic E-state index is 0.280. The zero-order chi connectivity index (χ0) is 18.9. The first-order valence-corrected chi connectivity index (χ1v) is 10.3. The van der Waals surface area contributed by atoms with E-state index >= 15 is 0 Å². The molecule has 3 aliphatic rings. The van der Waals surface area contributed by atoms with Crippen LogP contribution < -0.4 is 10.2 Å². The first-order valence-electron chi connectivity index (χ1n) is 10.3. The highest BCUT2D eigenvalue weighted by molar-refractivity contribution is 5.62. The van der Waals surface area contributed by atoms with E-state index in [0.717, 1.165) is 39.5 Å². The van der Waals surface area contributed by atoms with Crippen molar-refractivity contribution in [1.29, 1.82) is 0 Å². The fraction of sp³-hybridized carbons (Fsp3) is 0.478. The Labute approximate surface area is 166 Å². The highest BCUT2D eigenvalue weighted by Crippen LogP contribution is 2.36. The highest BCUT2D eigenvalue weighted by atomic mass is 16.6. The van der Waals surface area contributed by atoms with Crippen LogP contribution in [-0.4, -0.2) is 57.8 Å². The number of para-hydroxylation sites is 2. The van der Waals surface area contributed by atoms with Crippen molar-refractivity contribution in [3.63, 3.8) is 0 Å². The van der Waals surface area contributed by atoms with E-state index in [2.05, 4.69) is 65.7 Å². The van der Waals surface area contributed by atoms with Crippen molar-refractivity contribution in [2.75, 3.05) is 49.7 Å². The minimum Gasteiger partial charge on any atom is -0.382 e. The lowest BCUT2D eigenvalue weighted by atomic mass is 9.90. The molecule has 3 fully saturated rings. The molecule has 3 saturated heterocycles. The molecule has 0 saturated carbocycles.